The molecule has 0 N–H and O–H groups in total. The Balaban J connectivity index is 2.48. The Morgan fingerprint density at radius 3 is 1.36 bits per heavy atom. The van der Waals surface area contributed by atoms with Gasteiger partial charge in [-0.05, 0) is 0 Å². The number of hydrogen-bond donors (Lipinski definition) is 0. The predicted molar refractivity (Wildman–Crippen MR) is 146 cm³/mol. The zero-order valence-corrected chi connectivity index (χ0v) is 25.0. The van der Waals surface area contributed by atoms with Crippen LogP contribution in [0.25, 0.3) is 0 Å². The summed E-state index contributed by atoms with van der Waals surface area (Å²) in [5.41, 5.74) is 2.70. The van der Waals surface area contributed by atoms with E-state index in [1.54, 1.807) is 0 Å². The van der Waals surface area contributed by atoms with Crippen molar-refractivity contribution in [3.05, 3.63) is 59.7 Å². The van der Waals surface area contributed by atoms with Crippen LogP contribution in [0.15, 0.2) is 48.5 Å². The van der Waals surface area contributed by atoms with Gasteiger partial charge in [0, 0.05) is 0 Å². The maximum absolute atomic E-state index is 7.19. The summed E-state index contributed by atoms with van der Waals surface area (Å²) in [6.07, 6.45) is 9.47. The van der Waals surface area contributed by atoms with Crippen molar-refractivity contribution >= 4 is 19.2 Å². The number of unbranched alkanes of at least 4 members (excludes halogenated alkanes) is 2. The van der Waals surface area contributed by atoms with Gasteiger partial charge in [0.05, 0.1) is 0 Å². The van der Waals surface area contributed by atoms with Crippen LogP contribution in [0.1, 0.15) is 116 Å². The molecule has 0 aliphatic carbocycles. The fourth-order valence-electron chi connectivity index (χ4n) is 4.78. The first kappa shape index (κ1) is 28.1. The molecule has 0 fully saturated rings. The van der Waals surface area contributed by atoms with E-state index in [-0.39, 0.29) is 0 Å². The number of benzene rings is 2. The summed E-state index contributed by atoms with van der Waals surface area (Å²) < 4.78 is 16.6. The van der Waals surface area contributed by atoms with Crippen LogP contribution in [0.2, 0.25) is 8.87 Å². The van der Waals surface area contributed by atoms with Crippen LogP contribution in [0.4, 0.5) is 0 Å². The van der Waals surface area contributed by atoms with E-state index in [1.165, 1.54) is 62.5 Å². The number of para-hydroxylation sites is 2. The third-order valence-electron chi connectivity index (χ3n) is 6.76. The molecule has 3 heteroatoms. The molecule has 0 saturated heterocycles. The summed E-state index contributed by atoms with van der Waals surface area (Å²) in [6.45, 7) is 13.8. The molecule has 0 aliphatic rings. The van der Waals surface area contributed by atoms with Crippen LogP contribution in [-0.2, 0) is 0 Å². The van der Waals surface area contributed by atoms with Gasteiger partial charge in [-0.3, -0.25) is 0 Å². The van der Waals surface area contributed by atoms with Crippen molar-refractivity contribution in [3.63, 3.8) is 0 Å². The summed E-state index contributed by atoms with van der Waals surface area (Å²) in [7, 11) is 0. The van der Waals surface area contributed by atoms with Crippen LogP contribution in [0.5, 0.6) is 11.5 Å². The Bertz CT molecular complexity index is 736. The summed E-state index contributed by atoms with van der Waals surface area (Å²) in [5, 5.41) is 0. The van der Waals surface area contributed by atoms with E-state index >= 15 is 0 Å². The molecule has 0 amide bonds. The molecule has 2 rings (SSSR count). The average Bonchev–Trinajstić information content (AvgIpc) is 2.82. The first-order valence-electron chi connectivity index (χ1n) is 13.6. The third kappa shape index (κ3) is 8.53. The van der Waals surface area contributed by atoms with Crippen molar-refractivity contribution < 1.29 is 6.15 Å². The number of hydrogen-bond acceptors (Lipinski definition) is 2. The molecule has 0 spiro atoms. The first-order valence-corrected chi connectivity index (χ1v) is 19.9. The van der Waals surface area contributed by atoms with Gasteiger partial charge in [-0.15, -0.1) is 0 Å². The van der Waals surface area contributed by atoms with Gasteiger partial charge in [0.2, 0.25) is 0 Å². The molecule has 2 atom stereocenters. The van der Waals surface area contributed by atoms with Crippen LogP contribution < -0.4 is 6.15 Å². The zero-order valence-electron chi connectivity index (χ0n) is 22.2. The first-order chi connectivity index (χ1) is 16.0. The second-order valence-corrected chi connectivity index (χ2v) is 19.0. The topological polar surface area (TPSA) is 18.5 Å². The fraction of sp³-hybridized carbons (Fsp3) is 0.600. The summed E-state index contributed by atoms with van der Waals surface area (Å²) in [4.78, 5) is 0. The van der Waals surface area contributed by atoms with E-state index in [1.807, 2.05) is 0 Å². The fourth-order valence-corrected chi connectivity index (χ4v) is 15.2. The minimum atomic E-state index is -3.48. The Hall–Kier alpha value is -1.16. The van der Waals surface area contributed by atoms with Gasteiger partial charge in [-0.25, -0.2) is 0 Å². The third-order valence-corrected chi connectivity index (χ3v) is 16.5. The van der Waals surface area contributed by atoms with Crippen LogP contribution >= 0.6 is 0 Å². The summed E-state index contributed by atoms with van der Waals surface area (Å²) in [5.74, 6) is 3.18. The van der Waals surface area contributed by atoms with Crippen molar-refractivity contribution in [2.75, 3.05) is 0 Å². The zero-order chi connectivity index (χ0) is 24.1. The van der Waals surface area contributed by atoms with Crippen molar-refractivity contribution in [1.29, 1.82) is 0 Å². The van der Waals surface area contributed by atoms with Crippen LogP contribution in [0.3, 0.4) is 0 Å². The van der Waals surface area contributed by atoms with Gasteiger partial charge in [0.15, 0.2) is 0 Å². The van der Waals surface area contributed by atoms with Crippen molar-refractivity contribution in [2.45, 2.75) is 114 Å². The van der Waals surface area contributed by atoms with Gasteiger partial charge in [-0.2, -0.15) is 0 Å². The van der Waals surface area contributed by atoms with Crippen molar-refractivity contribution in [2.24, 2.45) is 0 Å². The monoisotopic (exact) mass is 560 g/mol. The van der Waals surface area contributed by atoms with Crippen molar-refractivity contribution in [3.8, 4) is 11.5 Å². The van der Waals surface area contributed by atoms with E-state index in [0.29, 0.717) is 11.8 Å². The molecule has 2 unspecified atom stereocenters. The van der Waals surface area contributed by atoms with Crippen LogP contribution in [-0.4, -0.2) is 19.2 Å². The Kier molecular flexibility index (Phi) is 12.7. The average molecular weight is 559 g/mol. The normalized spacial score (nSPS) is 13.5. The Morgan fingerprint density at radius 2 is 1.00 bits per heavy atom. The van der Waals surface area contributed by atoms with Crippen molar-refractivity contribution in [1.82, 2.24) is 0 Å². The molecule has 33 heavy (non-hydrogen) atoms. The second kappa shape index (κ2) is 15.0. The molecule has 0 radical (unpaired) electrons. The Labute approximate surface area is 209 Å². The molecule has 0 heterocycles. The minimum absolute atomic E-state index is 0.504. The van der Waals surface area contributed by atoms with Gasteiger partial charge >= 0.3 is 210 Å². The number of rotatable bonds is 16. The van der Waals surface area contributed by atoms with E-state index in [9.17, 15) is 0 Å². The van der Waals surface area contributed by atoms with E-state index < -0.39 is 19.2 Å². The standard InChI is InChI=1S/2C11H16O.2C4H9.Sn/c2*1-3-6-9(2)10-7-4-5-8-11(10)12;2*1-3-4-2;/h2*4-5,7-9,12H,3,6H2,1-2H3;2*1,3-4H2,2H3;/q;;;;+2/p-2. The molecule has 184 valence electrons. The van der Waals surface area contributed by atoms with Gasteiger partial charge in [-0.1, -0.05) is 0 Å². The molecule has 0 aromatic heterocycles. The van der Waals surface area contributed by atoms with Gasteiger partial charge < -0.3 is 0 Å². The maximum atomic E-state index is 7.19. The molecule has 2 aromatic rings. The molecule has 2 aromatic carbocycles. The van der Waals surface area contributed by atoms with Gasteiger partial charge in [0.25, 0.3) is 0 Å². The molecular formula is C30H48O2Sn. The SMILES string of the molecule is CCC[CH2][Sn]([CH2]CCC)([O]c1ccccc1C(C)CCC)[O]c1ccccc1C(C)CCC. The summed E-state index contributed by atoms with van der Waals surface area (Å²) >= 11 is -3.48. The quantitative estimate of drug-likeness (QED) is 0.191. The molecule has 2 nitrogen and oxygen atoms in total. The molecule has 0 bridgehead atoms. The Morgan fingerprint density at radius 1 is 0.606 bits per heavy atom. The van der Waals surface area contributed by atoms with Crippen LogP contribution in [0, 0.1) is 0 Å². The predicted octanol–water partition coefficient (Wildman–Crippen LogP) is 9.99. The van der Waals surface area contributed by atoms with Gasteiger partial charge in [0.1, 0.15) is 0 Å². The molecule has 0 aliphatic heterocycles. The molecule has 0 saturated carbocycles. The van der Waals surface area contributed by atoms with E-state index in [0.717, 1.165) is 20.4 Å². The summed E-state index contributed by atoms with van der Waals surface area (Å²) in [6, 6.07) is 17.5. The van der Waals surface area contributed by atoms with E-state index in [2.05, 4.69) is 90.1 Å². The molecular weight excluding hydrogens is 511 g/mol. The second-order valence-electron chi connectivity index (χ2n) is 9.78. The van der Waals surface area contributed by atoms with E-state index in [4.69, 9.17) is 6.15 Å².